The Morgan fingerprint density at radius 1 is 0.783 bits per heavy atom. The van der Waals surface area contributed by atoms with Crippen LogP contribution in [0.15, 0.2) is 47.6 Å². The van der Waals surface area contributed by atoms with Gasteiger partial charge in [-0.25, -0.2) is 0 Å². The van der Waals surface area contributed by atoms with E-state index in [0.29, 0.717) is 6.25 Å². The van der Waals surface area contributed by atoms with E-state index in [0.717, 1.165) is 0 Å². The van der Waals surface area contributed by atoms with Crippen LogP contribution in [0.25, 0.3) is 0 Å². The van der Waals surface area contributed by atoms with Crippen LogP contribution in [0.3, 0.4) is 0 Å². The van der Waals surface area contributed by atoms with Crippen molar-refractivity contribution in [1.29, 1.82) is 0 Å². The van der Waals surface area contributed by atoms with Gasteiger partial charge in [0.25, 0.3) is 0 Å². The maximum atomic E-state index is 2.51. The second-order valence-corrected chi connectivity index (χ2v) is 12.6. The smallest absolute Gasteiger partial charge is 1.00 e. The minimum absolute atomic E-state index is 0. The molecule has 0 aromatic rings. The Labute approximate surface area is 167 Å². The third kappa shape index (κ3) is 5.72. The zero-order valence-corrected chi connectivity index (χ0v) is 18.9. The molecule has 0 spiro atoms. The topological polar surface area (TPSA) is 0 Å². The summed E-state index contributed by atoms with van der Waals surface area (Å²) in [5.74, 6) is 0. The molecule has 0 nitrogen and oxygen atoms in total. The van der Waals surface area contributed by atoms with E-state index >= 15 is 0 Å². The van der Waals surface area contributed by atoms with Crippen molar-refractivity contribution in [3.05, 3.63) is 47.6 Å². The summed E-state index contributed by atoms with van der Waals surface area (Å²) in [4.78, 5) is 0. The molecule has 0 unspecified atom stereocenters. The Morgan fingerprint density at radius 3 is 1.52 bits per heavy atom. The number of hydrogen-bond donors (Lipinski definition) is 0. The molecular formula is C20H30Cl2Zr. The molecule has 0 heterocycles. The average Bonchev–Trinajstić information content (AvgIpc) is 2.97. The molecule has 0 amide bonds. The molecule has 0 N–H and O–H groups in total. The molecule has 0 fully saturated rings. The monoisotopic (exact) mass is 430 g/mol. The summed E-state index contributed by atoms with van der Waals surface area (Å²) in [7, 11) is 0. The zero-order valence-electron chi connectivity index (χ0n) is 15.0. The van der Waals surface area contributed by atoms with E-state index in [1.807, 2.05) is 0 Å². The van der Waals surface area contributed by atoms with Crippen LogP contribution < -0.4 is 24.8 Å². The normalized spacial score (nSPS) is 27.8. The summed E-state index contributed by atoms with van der Waals surface area (Å²) in [5.41, 5.74) is 3.43. The van der Waals surface area contributed by atoms with E-state index < -0.39 is 23.2 Å². The molecule has 3 heteroatoms. The second-order valence-electron chi connectivity index (χ2n) is 6.84. The molecule has 0 bridgehead atoms. The van der Waals surface area contributed by atoms with Crippen molar-refractivity contribution < 1.29 is 48.0 Å². The van der Waals surface area contributed by atoms with Gasteiger partial charge in [-0.2, -0.15) is 0 Å². The van der Waals surface area contributed by atoms with Crippen molar-refractivity contribution in [3.8, 4) is 0 Å². The van der Waals surface area contributed by atoms with Crippen molar-refractivity contribution in [2.75, 3.05) is 0 Å². The van der Waals surface area contributed by atoms with E-state index in [-0.39, 0.29) is 24.8 Å². The van der Waals surface area contributed by atoms with Gasteiger partial charge < -0.3 is 24.8 Å². The fourth-order valence-corrected chi connectivity index (χ4v) is 8.83. The van der Waals surface area contributed by atoms with Crippen LogP contribution in [0, 0.1) is 0 Å². The maximum Gasteiger partial charge on any atom is -1.00 e. The molecule has 23 heavy (non-hydrogen) atoms. The van der Waals surface area contributed by atoms with Crippen molar-refractivity contribution >= 4 is 0 Å². The standard InChI is InChI=1S/2C10H15.2ClH.Zr/c2*1-3-4-7-10-8-5-6-9(10)2;;;/h2*5-6,8H,3-4,7H2,1-2H3;2*1H;/q;;;;+2/p-2. The molecule has 2 aliphatic rings. The Kier molecular flexibility index (Phi) is 10.6. The van der Waals surface area contributed by atoms with Crippen LogP contribution >= 0.6 is 0 Å². The van der Waals surface area contributed by atoms with Crippen molar-refractivity contribution in [2.45, 2.75) is 72.5 Å². The Balaban J connectivity index is 0.00000242. The van der Waals surface area contributed by atoms with Crippen LogP contribution in [0.2, 0.25) is 6.25 Å². The Bertz CT molecular complexity index is 446. The Morgan fingerprint density at radius 2 is 1.17 bits per heavy atom. The first-order chi connectivity index (χ1) is 10.0. The first kappa shape index (κ1) is 23.4. The van der Waals surface area contributed by atoms with Gasteiger partial charge in [-0.15, -0.1) is 0 Å². The SMILES string of the molecule is CCCCC1=CC=C[C@]1(C)[Zr+2][C@@]1(C)C=CC=C1CCCC.[Cl-].[Cl-]. The van der Waals surface area contributed by atoms with Crippen LogP contribution in [0.5, 0.6) is 0 Å². The summed E-state index contributed by atoms with van der Waals surface area (Å²) in [5, 5.41) is 0. The predicted molar refractivity (Wildman–Crippen MR) is 90.2 cm³/mol. The van der Waals surface area contributed by atoms with E-state index in [9.17, 15) is 0 Å². The fraction of sp³-hybridized carbons (Fsp3) is 0.600. The minimum Gasteiger partial charge on any atom is -1.00 e. The molecule has 2 rings (SSSR count). The van der Waals surface area contributed by atoms with Crippen LogP contribution in [-0.4, -0.2) is 0 Å². The Hall–Kier alpha value is 0.423. The van der Waals surface area contributed by atoms with Gasteiger partial charge in [-0.3, -0.25) is 0 Å². The number of allylic oxidation sites excluding steroid dienone is 8. The first-order valence-corrected chi connectivity index (χ1v) is 11.1. The van der Waals surface area contributed by atoms with Crippen molar-refractivity contribution in [3.63, 3.8) is 0 Å². The largest absolute Gasteiger partial charge is 1.00 e. The number of halogens is 2. The van der Waals surface area contributed by atoms with E-state index in [2.05, 4.69) is 64.2 Å². The van der Waals surface area contributed by atoms with Gasteiger partial charge in [0.2, 0.25) is 0 Å². The number of unbranched alkanes of at least 4 members (excludes halogenated alkanes) is 2. The number of rotatable bonds is 8. The molecule has 0 aliphatic heterocycles. The molecule has 0 radical (unpaired) electrons. The molecule has 0 aromatic carbocycles. The maximum absolute atomic E-state index is 2.51. The third-order valence-electron chi connectivity index (χ3n) is 4.91. The van der Waals surface area contributed by atoms with Gasteiger partial charge in [-0.05, 0) is 0 Å². The first-order valence-electron chi connectivity index (χ1n) is 8.61. The molecule has 0 saturated carbocycles. The van der Waals surface area contributed by atoms with Gasteiger partial charge in [0, 0.05) is 0 Å². The molecule has 2 aliphatic carbocycles. The summed E-state index contributed by atoms with van der Waals surface area (Å²) >= 11 is -0.628. The average molecular weight is 433 g/mol. The van der Waals surface area contributed by atoms with Gasteiger partial charge in [-0.1, -0.05) is 0 Å². The summed E-state index contributed by atoms with van der Waals surface area (Å²) in [6.07, 6.45) is 22.4. The van der Waals surface area contributed by atoms with Gasteiger partial charge in [0.05, 0.1) is 0 Å². The van der Waals surface area contributed by atoms with Gasteiger partial charge in [0.15, 0.2) is 0 Å². The molecule has 0 aromatic heterocycles. The fourth-order valence-electron chi connectivity index (χ4n) is 3.48. The van der Waals surface area contributed by atoms with E-state index in [1.165, 1.54) is 38.5 Å². The third-order valence-corrected chi connectivity index (χ3v) is 9.86. The molecule has 128 valence electrons. The number of hydrogen-bond acceptors (Lipinski definition) is 0. The molecule has 0 saturated heterocycles. The summed E-state index contributed by atoms with van der Waals surface area (Å²) < 4.78 is 0.848. The van der Waals surface area contributed by atoms with Crippen LogP contribution in [0.4, 0.5) is 0 Å². The predicted octanol–water partition coefficient (Wildman–Crippen LogP) is 0.807. The summed E-state index contributed by atoms with van der Waals surface area (Å²) in [6, 6.07) is 0. The van der Waals surface area contributed by atoms with Crippen LogP contribution in [-0.2, 0) is 23.2 Å². The zero-order chi connectivity index (χ0) is 15.3. The minimum atomic E-state index is -0.628. The van der Waals surface area contributed by atoms with E-state index in [1.54, 1.807) is 11.1 Å². The van der Waals surface area contributed by atoms with Gasteiger partial charge in [0.1, 0.15) is 0 Å². The second kappa shape index (κ2) is 10.4. The molecule has 2 atom stereocenters. The summed E-state index contributed by atoms with van der Waals surface area (Å²) in [6.45, 7) is 9.62. The molecular weight excluding hydrogens is 402 g/mol. The van der Waals surface area contributed by atoms with Crippen molar-refractivity contribution in [2.24, 2.45) is 0 Å². The van der Waals surface area contributed by atoms with Crippen molar-refractivity contribution in [1.82, 2.24) is 0 Å². The quantitative estimate of drug-likeness (QED) is 0.533. The van der Waals surface area contributed by atoms with Crippen LogP contribution in [0.1, 0.15) is 66.2 Å². The van der Waals surface area contributed by atoms with Gasteiger partial charge >= 0.3 is 143 Å². The van der Waals surface area contributed by atoms with E-state index in [4.69, 9.17) is 0 Å².